The molecule has 6 rings (SSSR count). The summed E-state index contributed by atoms with van der Waals surface area (Å²) in [4.78, 5) is 44.0. The van der Waals surface area contributed by atoms with Gasteiger partial charge in [-0.2, -0.15) is 0 Å². The molecule has 36 heavy (non-hydrogen) atoms. The van der Waals surface area contributed by atoms with Crippen LogP contribution in [0, 0.1) is 11.8 Å². The van der Waals surface area contributed by atoms with Crippen molar-refractivity contribution in [2.45, 2.75) is 51.6 Å². The fraction of sp³-hybridized carbons (Fsp3) is 0.357. The van der Waals surface area contributed by atoms with E-state index in [-0.39, 0.29) is 23.9 Å². The Balaban J connectivity index is 1.24. The largest absolute Gasteiger partial charge is 0.340 e. The van der Waals surface area contributed by atoms with E-state index in [4.69, 9.17) is 9.97 Å². The van der Waals surface area contributed by atoms with E-state index in [9.17, 15) is 9.59 Å². The number of aromatic nitrogens is 4. The summed E-state index contributed by atoms with van der Waals surface area (Å²) in [5.41, 5.74) is 5.37. The van der Waals surface area contributed by atoms with E-state index in [1.54, 1.807) is 13.8 Å². The van der Waals surface area contributed by atoms with Crippen LogP contribution < -0.4 is 0 Å². The number of likely N-dealkylation sites (tertiary alicyclic amines) is 2. The first-order valence-corrected chi connectivity index (χ1v) is 12.5. The van der Waals surface area contributed by atoms with Gasteiger partial charge in [-0.1, -0.05) is 11.8 Å². The predicted octanol–water partition coefficient (Wildman–Crippen LogP) is 4.21. The van der Waals surface area contributed by atoms with Gasteiger partial charge >= 0.3 is 0 Å². The van der Waals surface area contributed by atoms with Gasteiger partial charge in [0.05, 0.1) is 34.2 Å². The van der Waals surface area contributed by atoms with Crippen molar-refractivity contribution in [1.82, 2.24) is 29.7 Å². The molecule has 0 spiro atoms. The number of H-pyrrole nitrogens is 2. The Kier molecular flexibility index (Phi) is 5.48. The minimum absolute atomic E-state index is 0.0154. The minimum Gasteiger partial charge on any atom is -0.340 e. The van der Waals surface area contributed by atoms with Crippen LogP contribution in [0.3, 0.4) is 0 Å². The number of carbonyl (C=O) groups excluding carboxylic acids is 2. The molecule has 2 aliphatic heterocycles. The van der Waals surface area contributed by atoms with Crippen molar-refractivity contribution >= 4 is 33.9 Å². The van der Waals surface area contributed by atoms with Crippen LogP contribution >= 0.6 is 0 Å². The lowest BCUT2D eigenvalue weighted by molar-refractivity contribution is -0.130. The zero-order chi connectivity index (χ0) is 24.8. The highest BCUT2D eigenvalue weighted by molar-refractivity contribution is 5.79. The second-order valence-corrected chi connectivity index (χ2v) is 9.70. The predicted molar refractivity (Wildman–Crippen MR) is 137 cm³/mol. The summed E-state index contributed by atoms with van der Waals surface area (Å²) in [6, 6.07) is 11.9. The molecule has 2 fully saturated rings. The zero-order valence-electron chi connectivity index (χ0n) is 20.5. The Labute approximate surface area is 209 Å². The first kappa shape index (κ1) is 22.4. The highest BCUT2D eigenvalue weighted by Gasteiger charge is 2.31. The fourth-order valence-corrected chi connectivity index (χ4v) is 5.53. The number of amides is 2. The summed E-state index contributed by atoms with van der Waals surface area (Å²) >= 11 is 0. The van der Waals surface area contributed by atoms with E-state index in [0.29, 0.717) is 0 Å². The van der Waals surface area contributed by atoms with E-state index >= 15 is 0 Å². The Hall–Kier alpha value is -4.12. The molecule has 8 heteroatoms. The third kappa shape index (κ3) is 4.01. The average Bonchev–Trinajstić information content (AvgIpc) is 3.65. The van der Waals surface area contributed by atoms with Gasteiger partial charge in [0.15, 0.2) is 0 Å². The lowest BCUT2D eigenvalue weighted by atomic mass is 10.1. The summed E-state index contributed by atoms with van der Waals surface area (Å²) in [5, 5.41) is 0. The molecular formula is C28H28N6O2. The normalized spacial score (nSPS) is 19.7. The fourth-order valence-electron chi connectivity index (χ4n) is 5.53. The van der Waals surface area contributed by atoms with Crippen molar-refractivity contribution in [3.63, 3.8) is 0 Å². The number of fused-ring (bicyclic) bond motifs is 2. The molecule has 4 aromatic rings. The maximum absolute atomic E-state index is 12.0. The standard InChI is InChI=1S/C28H28N6O2/c1-17(35)33-13-3-5-25(33)27-29-21-11-9-19(15-23(21)31-27)7-8-20-10-12-22-24(16-20)32-28(30-22)26-6-4-14-34(26)18(2)36/h9-12,15-16,25-26H,3-6,13-14H2,1-2H3,(H,29,31)(H,30,32)/t25-,26-/m0/s1. The van der Waals surface area contributed by atoms with Crippen molar-refractivity contribution in [1.29, 1.82) is 0 Å². The highest BCUT2D eigenvalue weighted by atomic mass is 16.2. The van der Waals surface area contributed by atoms with Gasteiger partial charge in [-0.3, -0.25) is 9.59 Å². The number of hydrogen-bond acceptors (Lipinski definition) is 4. The maximum atomic E-state index is 12.0. The maximum Gasteiger partial charge on any atom is 0.220 e. The second kappa shape index (κ2) is 8.83. The molecular weight excluding hydrogens is 452 g/mol. The number of benzene rings is 2. The summed E-state index contributed by atoms with van der Waals surface area (Å²) in [6.45, 7) is 4.80. The van der Waals surface area contributed by atoms with Gasteiger partial charge in [0.2, 0.25) is 11.8 Å². The average molecular weight is 481 g/mol. The number of nitrogens with zero attached hydrogens (tertiary/aromatic N) is 4. The molecule has 182 valence electrons. The van der Waals surface area contributed by atoms with Crippen LogP contribution in [0.15, 0.2) is 36.4 Å². The molecule has 2 N–H and O–H groups in total. The molecule has 2 aromatic carbocycles. The smallest absolute Gasteiger partial charge is 0.220 e. The van der Waals surface area contributed by atoms with Gasteiger partial charge in [0, 0.05) is 38.1 Å². The Morgan fingerprint density at radius 2 is 1.33 bits per heavy atom. The van der Waals surface area contributed by atoms with Crippen LogP contribution in [-0.2, 0) is 9.59 Å². The van der Waals surface area contributed by atoms with Gasteiger partial charge in [-0.05, 0) is 62.1 Å². The number of carbonyl (C=O) groups is 2. The van der Waals surface area contributed by atoms with E-state index in [1.165, 1.54) is 0 Å². The number of aromatic amines is 2. The minimum atomic E-state index is 0.0154. The van der Waals surface area contributed by atoms with Crippen LogP contribution in [0.2, 0.25) is 0 Å². The molecule has 0 unspecified atom stereocenters. The van der Waals surface area contributed by atoms with Crippen molar-refractivity contribution in [3.8, 4) is 11.8 Å². The summed E-state index contributed by atoms with van der Waals surface area (Å²) in [5.74, 6) is 8.36. The summed E-state index contributed by atoms with van der Waals surface area (Å²) in [6.07, 6.45) is 3.85. The molecule has 0 radical (unpaired) electrons. The third-order valence-corrected chi connectivity index (χ3v) is 7.30. The number of imidazole rings is 2. The lowest BCUT2D eigenvalue weighted by Gasteiger charge is -2.21. The molecule has 2 aromatic heterocycles. The number of hydrogen-bond donors (Lipinski definition) is 2. The van der Waals surface area contributed by atoms with Crippen LogP contribution in [0.4, 0.5) is 0 Å². The molecule has 8 nitrogen and oxygen atoms in total. The second-order valence-electron chi connectivity index (χ2n) is 9.70. The number of nitrogens with one attached hydrogen (secondary N) is 2. The van der Waals surface area contributed by atoms with E-state index in [0.717, 1.165) is 83.6 Å². The Morgan fingerprint density at radius 1 is 0.778 bits per heavy atom. The first-order chi connectivity index (χ1) is 17.5. The van der Waals surface area contributed by atoms with Crippen molar-refractivity contribution < 1.29 is 9.59 Å². The van der Waals surface area contributed by atoms with Gasteiger partial charge in [-0.25, -0.2) is 9.97 Å². The quantitative estimate of drug-likeness (QED) is 0.420. The van der Waals surface area contributed by atoms with E-state index < -0.39 is 0 Å². The SMILES string of the molecule is CC(=O)N1CCC[C@H]1c1nc2cc(C#Cc3ccc4nc([C@@H]5CCCN5C(C)=O)[nH]c4c3)ccc2[nH]1. The monoisotopic (exact) mass is 480 g/mol. The van der Waals surface area contributed by atoms with Gasteiger partial charge < -0.3 is 19.8 Å². The molecule has 0 aliphatic carbocycles. The van der Waals surface area contributed by atoms with E-state index in [2.05, 4.69) is 21.8 Å². The molecule has 2 amide bonds. The van der Waals surface area contributed by atoms with Crippen LogP contribution in [0.5, 0.6) is 0 Å². The lowest BCUT2D eigenvalue weighted by Crippen LogP contribution is -2.28. The van der Waals surface area contributed by atoms with Gasteiger partial charge in [0.25, 0.3) is 0 Å². The van der Waals surface area contributed by atoms with Crippen LogP contribution in [0.1, 0.15) is 74.4 Å². The number of rotatable bonds is 2. The molecule has 2 aliphatic rings. The summed E-state index contributed by atoms with van der Waals surface area (Å²) in [7, 11) is 0. The topological polar surface area (TPSA) is 98.0 Å². The Bertz CT molecular complexity index is 1440. The van der Waals surface area contributed by atoms with Crippen molar-refractivity contribution in [2.24, 2.45) is 0 Å². The van der Waals surface area contributed by atoms with Crippen LogP contribution in [-0.4, -0.2) is 54.6 Å². The zero-order valence-corrected chi connectivity index (χ0v) is 20.5. The molecule has 2 atom stereocenters. The van der Waals surface area contributed by atoms with Crippen molar-refractivity contribution in [2.75, 3.05) is 13.1 Å². The molecule has 0 saturated carbocycles. The highest BCUT2D eigenvalue weighted by Crippen LogP contribution is 2.32. The first-order valence-electron chi connectivity index (χ1n) is 12.5. The molecule has 4 heterocycles. The van der Waals surface area contributed by atoms with Gasteiger partial charge in [0.1, 0.15) is 11.6 Å². The van der Waals surface area contributed by atoms with Crippen LogP contribution in [0.25, 0.3) is 22.1 Å². The molecule has 0 bridgehead atoms. The van der Waals surface area contributed by atoms with Gasteiger partial charge in [-0.15, -0.1) is 0 Å². The summed E-state index contributed by atoms with van der Waals surface area (Å²) < 4.78 is 0. The molecule has 2 saturated heterocycles. The van der Waals surface area contributed by atoms with Crippen molar-refractivity contribution in [3.05, 3.63) is 59.2 Å². The Morgan fingerprint density at radius 3 is 1.97 bits per heavy atom. The third-order valence-electron chi connectivity index (χ3n) is 7.30. The van der Waals surface area contributed by atoms with E-state index in [1.807, 2.05) is 46.2 Å².